The summed E-state index contributed by atoms with van der Waals surface area (Å²) >= 11 is 0. The predicted octanol–water partition coefficient (Wildman–Crippen LogP) is 3.06. The van der Waals surface area contributed by atoms with E-state index in [0.717, 1.165) is 21.3 Å². The van der Waals surface area contributed by atoms with Crippen LogP contribution in [0.25, 0.3) is 16.9 Å². The van der Waals surface area contributed by atoms with Crippen LogP contribution in [0.3, 0.4) is 0 Å². The van der Waals surface area contributed by atoms with Gasteiger partial charge in [0.1, 0.15) is 0 Å². The average molecular weight is 537 g/mol. The Bertz CT molecular complexity index is 1850. The SMILES string of the molecule is O=C(O)C(=O)/C=C(\O)c1nc2c(c(=O)n(Cc3ccccc3)c(=O)n2Cc2ccccc2)n1Cc1ccccc1. The standard InChI is InChI=1S/C30H24N4O6/c35-23(16-24(36)29(38)39)26-31-27-25(32(26)17-20-10-4-1-5-11-20)28(37)34(19-22-14-8-3-9-15-22)30(40)33(27)18-21-12-6-2-7-13-21/h1-16,35H,17-19H2,(H,38,39)/b23-16-. The first-order valence-electron chi connectivity index (χ1n) is 12.4. The van der Waals surface area contributed by atoms with Crippen LogP contribution in [0.2, 0.25) is 0 Å². The van der Waals surface area contributed by atoms with Crippen LogP contribution in [0.15, 0.2) is 107 Å². The second-order valence-electron chi connectivity index (χ2n) is 9.11. The molecule has 10 heteroatoms. The second kappa shape index (κ2) is 11.1. The van der Waals surface area contributed by atoms with Gasteiger partial charge in [0.2, 0.25) is 0 Å². The van der Waals surface area contributed by atoms with Gasteiger partial charge in [0.25, 0.3) is 11.3 Å². The molecule has 0 saturated carbocycles. The van der Waals surface area contributed by atoms with Crippen LogP contribution in [0.5, 0.6) is 0 Å². The van der Waals surface area contributed by atoms with Crippen LogP contribution in [0.1, 0.15) is 22.5 Å². The highest BCUT2D eigenvalue weighted by molar-refractivity contribution is 6.38. The minimum Gasteiger partial charge on any atom is -0.504 e. The van der Waals surface area contributed by atoms with Crippen molar-refractivity contribution in [3.05, 3.63) is 140 Å². The fourth-order valence-corrected chi connectivity index (χ4v) is 4.47. The highest BCUT2D eigenvalue weighted by Crippen LogP contribution is 2.21. The average Bonchev–Trinajstić information content (AvgIpc) is 3.34. The summed E-state index contributed by atoms with van der Waals surface area (Å²) in [5.41, 5.74) is 1.03. The number of carbonyl (C=O) groups is 2. The highest BCUT2D eigenvalue weighted by Gasteiger charge is 2.25. The molecule has 0 atom stereocenters. The molecule has 0 fully saturated rings. The molecule has 200 valence electrons. The van der Waals surface area contributed by atoms with Crippen molar-refractivity contribution in [3.8, 4) is 0 Å². The largest absolute Gasteiger partial charge is 0.504 e. The Balaban J connectivity index is 1.82. The zero-order chi connectivity index (χ0) is 28.2. The molecule has 3 aromatic carbocycles. The van der Waals surface area contributed by atoms with Gasteiger partial charge in [-0.25, -0.2) is 14.6 Å². The third-order valence-electron chi connectivity index (χ3n) is 6.37. The number of aliphatic hydroxyl groups is 1. The summed E-state index contributed by atoms with van der Waals surface area (Å²) < 4.78 is 3.85. The van der Waals surface area contributed by atoms with Crippen molar-refractivity contribution in [3.63, 3.8) is 0 Å². The molecule has 0 saturated heterocycles. The molecule has 0 unspecified atom stereocenters. The smallest absolute Gasteiger partial charge is 0.376 e. The van der Waals surface area contributed by atoms with E-state index < -0.39 is 28.8 Å². The number of hydrogen-bond donors (Lipinski definition) is 2. The van der Waals surface area contributed by atoms with E-state index in [2.05, 4.69) is 4.98 Å². The lowest BCUT2D eigenvalue weighted by molar-refractivity contribution is -0.146. The molecule has 2 N–H and O–H groups in total. The topological polar surface area (TPSA) is 136 Å². The number of imidazole rings is 1. The maximum absolute atomic E-state index is 14.0. The molecule has 0 amide bonds. The van der Waals surface area contributed by atoms with Gasteiger partial charge >= 0.3 is 11.7 Å². The van der Waals surface area contributed by atoms with Gasteiger partial charge in [0, 0.05) is 6.08 Å². The highest BCUT2D eigenvalue weighted by atomic mass is 16.4. The first-order valence-corrected chi connectivity index (χ1v) is 12.4. The normalized spacial score (nSPS) is 11.6. The number of carboxylic acid groups (broad SMARTS) is 1. The van der Waals surface area contributed by atoms with E-state index >= 15 is 0 Å². The Morgan fingerprint density at radius 2 is 1.12 bits per heavy atom. The number of aliphatic carboxylic acids is 1. The lowest BCUT2D eigenvalue weighted by atomic mass is 10.2. The van der Waals surface area contributed by atoms with E-state index in [4.69, 9.17) is 5.11 Å². The molecule has 0 spiro atoms. The van der Waals surface area contributed by atoms with Crippen molar-refractivity contribution >= 4 is 28.7 Å². The summed E-state index contributed by atoms with van der Waals surface area (Å²) in [7, 11) is 0. The number of aliphatic hydroxyl groups excluding tert-OH is 1. The molecule has 0 aliphatic rings. The maximum Gasteiger partial charge on any atom is 0.376 e. The minimum absolute atomic E-state index is 0.00294. The van der Waals surface area contributed by atoms with E-state index in [9.17, 15) is 24.3 Å². The van der Waals surface area contributed by atoms with Crippen molar-refractivity contribution in [2.24, 2.45) is 0 Å². The zero-order valence-electron chi connectivity index (χ0n) is 21.2. The molecule has 40 heavy (non-hydrogen) atoms. The molecule has 0 radical (unpaired) electrons. The van der Waals surface area contributed by atoms with Crippen molar-refractivity contribution in [1.29, 1.82) is 0 Å². The molecule has 2 heterocycles. The van der Waals surface area contributed by atoms with Gasteiger partial charge < -0.3 is 14.8 Å². The van der Waals surface area contributed by atoms with E-state index in [1.54, 1.807) is 48.5 Å². The monoisotopic (exact) mass is 536 g/mol. The zero-order valence-corrected chi connectivity index (χ0v) is 21.2. The molecular formula is C30H24N4O6. The maximum atomic E-state index is 14.0. The van der Waals surface area contributed by atoms with Gasteiger partial charge in [-0.2, -0.15) is 0 Å². The number of benzene rings is 3. The number of rotatable bonds is 9. The van der Waals surface area contributed by atoms with Crippen molar-refractivity contribution in [1.82, 2.24) is 18.7 Å². The Kier molecular flexibility index (Phi) is 7.23. The predicted molar refractivity (Wildman–Crippen MR) is 148 cm³/mol. The van der Waals surface area contributed by atoms with E-state index in [1.165, 1.54) is 9.13 Å². The van der Waals surface area contributed by atoms with Gasteiger partial charge in [-0.1, -0.05) is 91.0 Å². The molecule has 5 rings (SSSR count). The quantitative estimate of drug-likeness (QED) is 0.168. The van der Waals surface area contributed by atoms with E-state index in [0.29, 0.717) is 6.08 Å². The molecule has 0 aliphatic carbocycles. The van der Waals surface area contributed by atoms with Crippen LogP contribution in [-0.2, 0) is 29.2 Å². The molecule has 0 aliphatic heterocycles. The van der Waals surface area contributed by atoms with Crippen LogP contribution in [-0.4, -0.2) is 40.7 Å². The third-order valence-corrected chi connectivity index (χ3v) is 6.37. The van der Waals surface area contributed by atoms with Gasteiger partial charge in [-0.3, -0.25) is 18.7 Å². The van der Waals surface area contributed by atoms with Crippen LogP contribution in [0.4, 0.5) is 0 Å². The molecule has 5 aromatic rings. The number of fused-ring (bicyclic) bond motifs is 1. The Hall–Kier alpha value is -5.51. The Labute approximate surface area is 227 Å². The second-order valence-corrected chi connectivity index (χ2v) is 9.11. The molecule has 0 bridgehead atoms. The first kappa shape index (κ1) is 26.1. The number of carboxylic acids is 1. The fourth-order valence-electron chi connectivity index (χ4n) is 4.47. The minimum atomic E-state index is -1.76. The first-order chi connectivity index (χ1) is 19.3. The molecule has 10 nitrogen and oxygen atoms in total. The summed E-state index contributed by atoms with van der Waals surface area (Å²) in [6.45, 7) is 0.121. The van der Waals surface area contributed by atoms with Gasteiger partial charge in [-0.05, 0) is 16.7 Å². The van der Waals surface area contributed by atoms with Gasteiger partial charge in [-0.15, -0.1) is 0 Å². The lowest BCUT2D eigenvalue weighted by Gasteiger charge is -2.13. The number of carbonyl (C=O) groups excluding carboxylic acids is 1. The van der Waals surface area contributed by atoms with Crippen molar-refractivity contribution in [2.45, 2.75) is 19.6 Å². The van der Waals surface area contributed by atoms with E-state index in [-0.39, 0.29) is 36.6 Å². The van der Waals surface area contributed by atoms with Crippen molar-refractivity contribution in [2.75, 3.05) is 0 Å². The summed E-state index contributed by atoms with van der Waals surface area (Å²) in [5, 5.41) is 19.9. The van der Waals surface area contributed by atoms with Gasteiger partial charge in [0.15, 0.2) is 22.7 Å². The van der Waals surface area contributed by atoms with Crippen molar-refractivity contribution < 1.29 is 19.8 Å². The summed E-state index contributed by atoms with van der Waals surface area (Å²) in [6.07, 6.45) is 0.535. The molecular weight excluding hydrogens is 512 g/mol. The van der Waals surface area contributed by atoms with Crippen LogP contribution >= 0.6 is 0 Å². The fraction of sp³-hybridized carbons (Fsp3) is 0.100. The lowest BCUT2D eigenvalue weighted by Crippen LogP contribution is -2.41. The summed E-state index contributed by atoms with van der Waals surface area (Å²) in [4.78, 5) is 55.3. The Morgan fingerprint density at radius 3 is 1.60 bits per heavy atom. The third kappa shape index (κ3) is 5.23. The number of nitrogens with zero attached hydrogens (tertiary/aromatic N) is 4. The number of ketones is 1. The number of aromatic nitrogens is 4. The van der Waals surface area contributed by atoms with Crippen LogP contribution in [0, 0.1) is 0 Å². The van der Waals surface area contributed by atoms with Gasteiger partial charge in [0.05, 0.1) is 19.6 Å². The Morgan fingerprint density at radius 1 is 0.675 bits per heavy atom. The summed E-state index contributed by atoms with van der Waals surface area (Å²) in [5.74, 6) is -4.08. The van der Waals surface area contributed by atoms with Crippen LogP contribution < -0.4 is 11.2 Å². The summed E-state index contributed by atoms with van der Waals surface area (Å²) in [6, 6.07) is 27.2. The number of hydrogen-bond acceptors (Lipinski definition) is 6. The molecule has 2 aromatic heterocycles. The van der Waals surface area contributed by atoms with E-state index in [1.807, 2.05) is 42.5 Å².